The molecule has 2 rings (SSSR count). The van der Waals surface area contributed by atoms with Crippen molar-refractivity contribution in [3.63, 3.8) is 0 Å². The predicted molar refractivity (Wildman–Crippen MR) is 122 cm³/mol. The summed E-state index contributed by atoms with van der Waals surface area (Å²) in [7, 11) is 1.59. The first kappa shape index (κ1) is 24.7. The summed E-state index contributed by atoms with van der Waals surface area (Å²) >= 11 is 1.41. The van der Waals surface area contributed by atoms with Gasteiger partial charge >= 0.3 is 0 Å². The van der Waals surface area contributed by atoms with E-state index in [1.165, 1.54) is 11.8 Å². The molecule has 0 aliphatic carbocycles. The maximum Gasteiger partial charge on any atom is 0.217 e. The van der Waals surface area contributed by atoms with Gasteiger partial charge in [-0.05, 0) is 30.5 Å². The Bertz CT molecular complexity index is 882. The van der Waals surface area contributed by atoms with E-state index < -0.39 is 6.10 Å². The number of carbonyl (C=O) groups excluding carboxylic acids is 1. The van der Waals surface area contributed by atoms with Crippen LogP contribution in [0.3, 0.4) is 0 Å². The van der Waals surface area contributed by atoms with Crippen LogP contribution in [0.15, 0.2) is 29.4 Å². The Kier molecular flexibility index (Phi) is 9.87. The quantitative estimate of drug-likeness (QED) is 0.453. The maximum atomic E-state index is 11.1. The lowest BCUT2D eigenvalue weighted by Crippen LogP contribution is -2.21. The highest BCUT2D eigenvalue weighted by Crippen LogP contribution is 2.29. The van der Waals surface area contributed by atoms with Crippen molar-refractivity contribution in [1.29, 1.82) is 0 Å². The molecular weight excluding hydrogens is 416 g/mol. The van der Waals surface area contributed by atoms with Crippen molar-refractivity contribution in [2.45, 2.75) is 51.4 Å². The van der Waals surface area contributed by atoms with Gasteiger partial charge in [0.2, 0.25) is 5.91 Å². The Morgan fingerprint density at radius 1 is 1.32 bits per heavy atom. The SMILES string of the molecule is C/C=C/c1ccc(OCC(O)CSc2nnc(CCC(N)=O)n2CC(C)C)c(OC)c1. The summed E-state index contributed by atoms with van der Waals surface area (Å²) in [6.07, 6.45) is 3.90. The van der Waals surface area contributed by atoms with Gasteiger partial charge in [-0.25, -0.2) is 0 Å². The second-order valence-corrected chi connectivity index (χ2v) is 8.54. The van der Waals surface area contributed by atoms with Crippen molar-refractivity contribution >= 4 is 23.7 Å². The molecular formula is C22H32N4O4S. The van der Waals surface area contributed by atoms with E-state index in [4.69, 9.17) is 15.2 Å². The van der Waals surface area contributed by atoms with Gasteiger partial charge in [0.05, 0.1) is 13.2 Å². The summed E-state index contributed by atoms with van der Waals surface area (Å²) in [6.45, 7) is 7.01. The lowest BCUT2D eigenvalue weighted by atomic mass is 10.2. The van der Waals surface area contributed by atoms with Gasteiger partial charge in [-0.15, -0.1) is 10.2 Å². The van der Waals surface area contributed by atoms with Crippen molar-refractivity contribution in [1.82, 2.24) is 14.8 Å². The third-order valence-electron chi connectivity index (χ3n) is 4.32. The summed E-state index contributed by atoms with van der Waals surface area (Å²) < 4.78 is 13.2. The molecule has 1 unspecified atom stereocenters. The van der Waals surface area contributed by atoms with E-state index in [2.05, 4.69) is 24.0 Å². The standard InChI is InChI=1S/C22H32N4O4S/c1-5-6-16-7-8-18(19(11-16)29-4)30-13-17(27)14-31-22-25-24-21(10-9-20(23)28)26(22)12-15(2)3/h5-8,11,15,17,27H,9-10,12-14H2,1-4H3,(H2,23,28)/b6-5+. The van der Waals surface area contributed by atoms with Gasteiger partial charge in [-0.1, -0.05) is 43.8 Å². The minimum absolute atomic E-state index is 0.124. The molecule has 0 fully saturated rings. The molecule has 0 saturated carbocycles. The molecule has 9 heteroatoms. The number of carbonyl (C=O) groups is 1. The van der Waals surface area contributed by atoms with E-state index >= 15 is 0 Å². The fourth-order valence-electron chi connectivity index (χ4n) is 2.90. The first-order valence-corrected chi connectivity index (χ1v) is 11.3. The highest BCUT2D eigenvalue weighted by molar-refractivity contribution is 7.99. The largest absolute Gasteiger partial charge is 0.493 e. The molecule has 0 spiro atoms. The lowest BCUT2D eigenvalue weighted by molar-refractivity contribution is -0.118. The van der Waals surface area contributed by atoms with Crippen molar-refractivity contribution in [2.24, 2.45) is 11.7 Å². The van der Waals surface area contributed by atoms with Gasteiger partial charge in [0.15, 0.2) is 16.7 Å². The van der Waals surface area contributed by atoms with Crippen LogP contribution in [0.1, 0.15) is 38.6 Å². The zero-order valence-electron chi connectivity index (χ0n) is 18.6. The Morgan fingerprint density at radius 3 is 2.74 bits per heavy atom. The number of nitrogens with two attached hydrogens (primary N) is 1. The van der Waals surface area contributed by atoms with Crippen molar-refractivity contribution < 1.29 is 19.4 Å². The van der Waals surface area contributed by atoms with Crippen molar-refractivity contribution in [2.75, 3.05) is 19.5 Å². The number of allylic oxidation sites excluding steroid dienone is 1. The van der Waals surface area contributed by atoms with Gasteiger partial charge in [0.25, 0.3) is 0 Å². The normalized spacial score (nSPS) is 12.5. The Morgan fingerprint density at radius 2 is 2.10 bits per heavy atom. The first-order chi connectivity index (χ1) is 14.8. The van der Waals surface area contributed by atoms with Crippen LogP contribution in [-0.2, 0) is 17.8 Å². The minimum atomic E-state index is -0.705. The van der Waals surface area contributed by atoms with Gasteiger partial charge in [-0.3, -0.25) is 4.79 Å². The average Bonchev–Trinajstić information content (AvgIpc) is 3.10. The number of nitrogens with zero attached hydrogens (tertiary/aromatic N) is 3. The van der Waals surface area contributed by atoms with E-state index in [-0.39, 0.29) is 18.9 Å². The number of amides is 1. The van der Waals surface area contributed by atoms with E-state index in [0.717, 1.165) is 17.9 Å². The second-order valence-electron chi connectivity index (χ2n) is 7.56. The third-order valence-corrected chi connectivity index (χ3v) is 5.43. The molecule has 0 aliphatic heterocycles. The Labute approximate surface area is 187 Å². The molecule has 0 saturated heterocycles. The summed E-state index contributed by atoms with van der Waals surface area (Å²) in [5, 5.41) is 19.6. The summed E-state index contributed by atoms with van der Waals surface area (Å²) in [5.74, 6) is 2.34. The van der Waals surface area contributed by atoms with Crippen LogP contribution in [-0.4, -0.2) is 51.4 Å². The predicted octanol–water partition coefficient (Wildman–Crippen LogP) is 2.93. The Balaban J connectivity index is 1.96. The number of aliphatic hydroxyl groups is 1. The van der Waals surface area contributed by atoms with E-state index in [0.29, 0.717) is 34.7 Å². The van der Waals surface area contributed by atoms with Gasteiger partial charge < -0.3 is 24.9 Å². The first-order valence-electron chi connectivity index (χ1n) is 10.3. The molecule has 0 aliphatic rings. The highest BCUT2D eigenvalue weighted by Gasteiger charge is 2.17. The van der Waals surface area contributed by atoms with Gasteiger partial charge in [0.1, 0.15) is 12.4 Å². The average molecular weight is 449 g/mol. The molecule has 1 amide bonds. The van der Waals surface area contributed by atoms with E-state index in [9.17, 15) is 9.90 Å². The molecule has 8 nitrogen and oxygen atoms in total. The fraction of sp³-hybridized carbons (Fsp3) is 0.500. The van der Waals surface area contributed by atoms with Crippen LogP contribution >= 0.6 is 11.8 Å². The van der Waals surface area contributed by atoms with Crippen LogP contribution in [0.4, 0.5) is 0 Å². The maximum absolute atomic E-state index is 11.1. The fourth-order valence-corrected chi connectivity index (χ4v) is 3.77. The molecule has 3 N–H and O–H groups in total. The van der Waals surface area contributed by atoms with Crippen LogP contribution in [0.2, 0.25) is 0 Å². The smallest absolute Gasteiger partial charge is 0.217 e. The lowest BCUT2D eigenvalue weighted by Gasteiger charge is -2.15. The summed E-state index contributed by atoms with van der Waals surface area (Å²) in [4.78, 5) is 11.1. The minimum Gasteiger partial charge on any atom is -0.493 e. The monoisotopic (exact) mass is 448 g/mol. The van der Waals surface area contributed by atoms with Crippen LogP contribution in [0.5, 0.6) is 11.5 Å². The third kappa shape index (κ3) is 7.91. The summed E-state index contributed by atoms with van der Waals surface area (Å²) in [6, 6.07) is 5.65. The molecule has 1 heterocycles. The van der Waals surface area contributed by atoms with Crippen LogP contribution in [0, 0.1) is 5.92 Å². The van der Waals surface area contributed by atoms with Crippen LogP contribution in [0.25, 0.3) is 6.08 Å². The van der Waals surface area contributed by atoms with Crippen molar-refractivity contribution in [3.05, 3.63) is 35.7 Å². The number of hydrogen-bond donors (Lipinski definition) is 2. The number of benzene rings is 1. The van der Waals surface area contributed by atoms with Gasteiger partial charge in [-0.2, -0.15) is 0 Å². The number of aliphatic hydroxyl groups excluding tert-OH is 1. The molecule has 0 bridgehead atoms. The number of aryl methyl sites for hydroxylation is 1. The topological polar surface area (TPSA) is 112 Å². The number of primary amides is 1. The molecule has 1 atom stereocenters. The number of methoxy groups -OCH3 is 1. The van der Waals surface area contributed by atoms with E-state index in [1.54, 1.807) is 7.11 Å². The number of rotatable bonds is 13. The molecule has 31 heavy (non-hydrogen) atoms. The zero-order valence-corrected chi connectivity index (χ0v) is 19.4. The zero-order chi connectivity index (χ0) is 22.8. The number of hydrogen-bond acceptors (Lipinski definition) is 7. The molecule has 1 aromatic carbocycles. The molecule has 0 radical (unpaired) electrons. The molecule has 170 valence electrons. The summed E-state index contributed by atoms with van der Waals surface area (Å²) in [5.41, 5.74) is 6.27. The van der Waals surface area contributed by atoms with Gasteiger partial charge in [0, 0.05) is 25.1 Å². The van der Waals surface area contributed by atoms with E-state index in [1.807, 2.05) is 41.8 Å². The highest BCUT2D eigenvalue weighted by atomic mass is 32.2. The number of aromatic nitrogens is 3. The Hall–Kier alpha value is -2.52. The number of thioether (sulfide) groups is 1. The molecule has 1 aromatic heterocycles. The van der Waals surface area contributed by atoms with Crippen molar-refractivity contribution in [3.8, 4) is 11.5 Å². The molecule has 2 aromatic rings. The number of ether oxygens (including phenoxy) is 2. The second kappa shape index (κ2) is 12.4. The van der Waals surface area contributed by atoms with Crippen LogP contribution < -0.4 is 15.2 Å².